The summed E-state index contributed by atoms with van der Waals surface area (Å²) in [6.45, 7) is 5.27. The molecule has 8 nitrogen and oxygen atoms in total. The van der Waals surface area contributed by atoms with Crippen LogP contribution in [0.15, 0.2) is 41.9 Å². The molecule has 0 aliphatic carbocycles. The Balaban J connectivity index is 1.42. The minimum absolute atomic E-state index is 0.117. The highest BCUT2D eigenvalue weighted by Crippen LogP contribution is 2.24. The molecule has 156 valence electrons. The monoisotopic (exact) mass is 444 g/mol. The summed E-state index contributed by atoms with van der Waals surface area (Å²) < 4.78 is 11.8. The number of thiazole rings is 1. The molecule has 0 bridgehead atoms. The lowest BCUT2D eigenvalue weighted by molar-refractivity contribution is -0.0584. The third-order valence-electron chi connectivity index (χ3n) is 4.21. The van der Waals surface area contributed by atoms with Crippen molar-refractivity contribution in [2.45, 2.75) is 32.6 Å². The van der Waals surface area contributed by atoms with E-state index in [9.17, 15) is 0 Å². The van der Waals surface area contributed by atoms with Crippen molar-refractivity contribution >= 4 is 39.9 Å². The number of benzene rings is 1. The van der Waals surface area contributed by atoms with Crippen molar-refractivity contribution in [2.75, 3.05) is 11.9 Å². The Morgan fingerprint density at radius 2 is 2.00 bits per heavy atom. The quantitative estimate of drug-likeness (QED) is 0.368. The number of anilines is 1. The molecule has 4 aromatic rings. The fourth-order valence-corrected chi connectivity index (χ4v) is 3.40. The minimum Gasteiger partial charge on any atom is -0.462 e. The van der Waals surface area contributed by atoms with Gasteiger partial charge in [-0.1, -0.05) is 30.3 Å². The molecule has 4 rings (SSSR count). The summed E-state index contributed by atoms with van der Waals surface area (Å²) in [4.78, 5) is 20.2. The zero-order valence-electron chi connectivity index (χ0n) is 16.6. The molecule has 0 spiro atoms. The number of halogens is 1. The Hall–Kier alpha value is -2.75. The number of rotatable bonds is 9. The van der Waals surface area contributed by atoms with Gasteiger partial charge < -0.3 is 14.8 Å². The summed E-state index contributed by atoms with van der Waals surface area (Å²) in [6, 6.07) is 10.3. The number of nitrogens with zero attached hydrogens (tertiary/aromatic N) is 4. The van der Waals surface area contributed by atoms with Gasteiger partial charge in [-0.3, -0.25) is 4.98 Å². The Kier molecular flexibility index (Phi) is 6.12. The zero-order valence-corrected chi connectivity index (χ0v) is 18.1. The van der Waals surface area contributed by atoms with Crippen LogP contribution in [-0.4, -0.2) is 37.1 Å². The van der Waals surface area contributed by atoms with E-state index in [4.69, 9.17) is 21.1 Å². The van der Waals surface area contributed by atoms with E-state index in [0.717, 1.165) is 10.6 Å². The Morgan fingerprint density at radius 3 is 2.77 bits per heavy atom. The molecule has 0 fully saturated rings. The van der Waals surface area contributed by atoms with Crippen LogP contribution in [0.1, 0.15) is 24.4 Å². The highest BCUT2D eigenvalue weighted by atomic mass is 35.5. The van der Waals surface area contributed by atoms with Gasteiger partial charge in [0.2, 0.25) is 5.28 Å². The molecule has 30 heavy (non-hydrogen) atoms. The lowest BCUT2D eigenvalue weighted by Crippen LogP contribution is -2.32. The summed E-state index contributed by atoms with van der Waals surface area (Å²) in [5.41, 5.74) is 1.64. The van der Waals surface area contributed by atoms with Crippen LogP contribution in [0, 0.1) is 0 Å². The smallest absolute Gasteiger partial charge is 0.296 e. The van der Waals surface area contributed by atoms with Crippen LogP contribution in [0.3, 0.4) is 0 Å². The van der Waals surface area contributed by atoms with E-state index in [0.29, 0.717) is 42.8 Å². The second-order valence-electron chi connectivity index (χ2n) is 7.18. The average molecular weight is 445 g/mol. The maximum Gasteiger partial charge on any atom is 0.296 e. The van der Waals surface area contributed by atoms with Crippen molar-refractivity contribution in [2.24, 2.45) is 0 Å². The summed E-state index contributed by atoms with van der Waals surface area (Å²) >= 11 is 7.61. The number of aromatic amines is 1. The molecule has 3 heterocycles. The summed E-state index contributed by atoms with van der Waals surface area (Å²) in [5, 5.41) is 6.17. The van der Waals surface area contributed by atoms with Gasteiger partial charge in [-0.25, -0.2) is 4.98 Å². The summed E-state index contributed by atoms with van der Waals surface area (Å²) in [7, 11) is 0. The molecule has 0 aliphatic heterocycles. The van der Waals surface area contributed by atoms with Gasteiger partial charge in [0.05, 0.1) is 18.8 Å². The first-order chi connectivity index (χ1) is 14.5. The molecule has 0 amide bonds. The molecule has 1 aromatic carbocycles. The maximum absolute atomic E-state index is 6.06. The van der Waals surface area contributed by atoms with Gasteiger partial charge in [0.15, 0.2) is 17.0 Å². The fourth-order valence-electron chi connectivity index (χ4n) is 2.68. The fraction of sp³-hybridized carbons (Fsp3) is 0.300. The Morgan fingerprint density at radius 1 is 1.17 bits per heavy atom. The van der Waals surface area contributed by atoms with Crippen LogP contribution in [0.25, 0.3) is 11.2 Å². The van der Waals surface area contributed by atoms with E-state index in [2.05, 4.69) is 30.2 Å². The topological polar surface area (TPSA) is 97.8 Å². The molecule has 0 atom stereocenters. The van der Waals surface area contributed by atoms with Crippen LogP contribution in [0.4, 0.5) is 5.82 Å². The first-order valence-electron chi connectivity index (χ1n) is 9.35. The molecule has 0 radical (unpaired) electrons. The molecule has 3 aromatic heterocycles. The van der Waals surface area contributed by atoms with Gasteiger partial charge in [-0.05, 0) is 31.0 Å². The standard InChI is InChI=1S/C20H21ClN6O2S/c1-20(2,29-11-13-6-4-3-5-7-13)12-28-19-24-15-16(23-10-14-22-8-9-30-14)25-18(21)26-17(15)27-19/h3-9H,10-12H2,1-2H3,(H2,23,24,25,26,27). The Labute approximate surface area is 182 Å². The van der Waals surface area contributed by atoms with Crippen LogP contribution >= 0.6 is 22.9 Å². The number of ether oxygens (including phenoxy) is 2. The van der Waals surface area contributed by atoms with Crippen molar-refractivity contribution in [3.05, 3.63) is 57.8 Å². The minimum atomic E-state index is -0.510. The number of H-pyrrole nitrogens is 1. The third-order valence-corrected chi connectivity index (χ3v) is 5.16. The SMILES string of the molecule is CC(C)(COc1nc2c(NCc3nccs3)nc(Cl)nc2[nH]1)OCc1ccccc1. The van der Waals surface area contributed by atoms with E-state index < -0.39 is 5.60 Å². The van der Waals surface area contributed by atoms with Gasteiger partial charge in [-0.2, -0.15) is 15.0 Å². The van der Waals surface area contributed by atoms with Gasteiger partial charge in [0.1, 0.15) is 11.6 Å². The normalized spacial score (nSPS) is 11.7. The van der Waals surface area contributed by atoms with E-state index in [1.165, 1.54) is 0 Å². The maximum atomic E-state index is 6.06. The van der Waals surface area contributed by atoms with Crippen molar-refractivity contribution in [3.63, 3.8) is 0 Å². The van der Waals surface area contributed by atoms with E-state index in [-0.39, 0.29) is 5.28 Å². The van der Waals surface area contributed by atoms with Crippen molar-refractivity contribution in [3.8, 4) is 6.01 Å². The van der Waals surface area contributed by atoms with Crippen molar-refractivity contribution in [1.29, 1.82) is 0 Å². The molecule has 0 aliphatic rings. The van der Waals surface area contributed by atoms with Crippen molar-refractivity contribution in [1.82, 2.24) is 24.9 Å². The predicted octanol–water partition coefficient (Wildman–Crippen LogP) is 4.45. The van der Waals surface area contributed by atoms with Gasteiger partial charge in [-0.15, -0.1) is 11.3 Å². The van der Waals surface area contributed by atoms with Gasteiger partial charge in [0, 0.05) is 11.6 Å². The van der Waals surface area contributed by atoms with Gasteiger partial charge >= 0.3 is 0 Å². The molecule has 0 unspecified atom stereocenters. The van der Waals surface area contributed by atoms with E-state index in [1.807, 2.05) is 49.6 Å². The second kappa shape index (κ2) is 8.95. The molecular weight excluding hydrogens is 424 g/mol. The average Bonchev–Trinajstić information content (AvgIpc) is 3.39. The molecule has 10 heteroatoms. The number of hydrogen-bond donors (Lipinski definition) is 2. The highest BCUT2D eigenvalue weighted by molar-refractivity contribution is 7.09. The van der Waals surface area contributed by atoms with Crippen LogP contribution in [0.5, 0.6) is 6.01 Å². The number of fused-ring (bicyclic) bond motifs is 1. The number of aromatic nitrogens is 5. The van der Waals surface area contributed by atoms with E-state index in [1.54, 1.807) is 17.5 Å². The van der Waals surface area contributed by atoms with Crippen LogP contribution < -0.4 is 10.1 Å². The number of hydrogen-bond acceptors (Lipinski definition) is 8. The number of nitrogens with one attached hydrogen (secondary N) is 2. The third kappa shape index (κ3) is 5.24. The largest absolute Gasteiger partial charge is 0.462 e. The highest BCUT2D eigenvalue weighted by Gasteiger charge is 2.21. The van der Waals surface area contributed by atoms with E-state index >= 15 is 0 Å². The first kappa shape index (κ1) is 20.5. The van der Waals surface area contributed by atoms with Crippen LogP contribution in [-0.2, 0) is 17.9 Å². The molecular formula is C20H21ClN6O2S. The summed E-state index contributed by atoms with van der Waals surface area (Å²) in [5.74, 6) is 0.519. The van der Waals surface area contributed by atoms with Crippen molar-refractivity contribution < 1.29 is 9.47 Å². The molecule has 0 saturated carbocycles. The molecule has 0 saturated heterocycles. The van der Waals surface area contributed by atoms with Crippen LogP contribution in [0.2, 0.25) is 5.28 Å². The second-order valence-corrected chi connectivity index (χ2v) is 8.50. The lowest BCUT2D eigenvalue weighted by Gasteiger charge is -2.24. The predicted molar refractivity (Wildman–Crippen MR) is 117 cm³/mol. The lowest BCUT2D eigenvalue weighted by atomic mass is 10.1. The summed E-state index contributed by atoms with van der Waals surface area (Å²) in [6.07, 6.45) is 1.76. The first-order valence-corrected chi connectivity index (χ1v) is 10.6. The van der Waals surface area contributed by atoms with Gasteiger partial charge in [0.25, 0.3) is 6.01 Å². The number of imidazole rings is 1. The zero-order chi connectivity index (χ0) is 21.0. The Bertz CT molecular complexity index is 1100. The molecule has 2 N–H and O–H groups in total.